The van der Waals surface area contributed by atoms with Gasteiger partial charge in [0.1, 0.15) is 5.75 Å². The van der Waals surface area contributed by atoms with E-state index >= 15 is 0 Å². The van der Waals surface area contributed by atoms with Gasteiger partial charge in [-0.05, 0) is 60.4 Å². The van der Waals surface area contributed by atoms with Crippen molar-refractivity contribution in [3.05, 3.63) is 79.1 Å². The second-order valence-corrected chi connectivity index (χ2v) is 6.43. The van der Waals surface area contributed by atoms with Crippen LogP contribution in [-0.2, 0) is 4.79 Å². The fourth-order valence-electron chi connectivity index (χ4n) is 3.61. The molecule has 3 unspecified atom stereocenters. The summed E-state index contributed by atoms with van der Waals surface area (Å²) in [5, 5.41) is 8.96. The third kappa shape index (κ3) is 4.09. The van der Waals surface area contributed by atoms with Gasteiger partial charge in [0.2, 0.25) is 0 Å². The molecular formula is C22H21NO2. The first-order valence-corrected chi connectivity index (χ1v) is 8.59. The molecule has 2 radical (unpaired) electrons. The van der Waals surface area contributed by atoms with Gasteiger partial charge in [-0.15, -0.1) is 0 Å². The first-order valence-electron chi connectivity index (χ1n) is 8.59. The van der Waals surface area contributed by atoms with Crippen molar-refractivity contribution in [2.24, 2.45) is 11.8 Å². The summed E-state index contributed by atoms with van der Waals surface area (Å²) in [7, 11) is 0. The predicted molar refractivity (Wildman–Crippen MR) is 96.5 cm³/mol. The van der Waals surface area contributed by atoms with Crippen LogP contribution in [0.4, 0.5) is 0 Å². The molecule has 0 heterocycles. The summed E-state index contributed by atoms with van der Waals surface area (Å²) in [4.78, 5) is 12.4. The first kappa shape index (κ1) is 17.2. The van der Waals surface area contributed by atoms with E-state index in [1.54, 1.807) is 12.1 Å². The maximum atomic E-state index is 12.4. The Bertz CT molecular complexity index is 746. The maximum Gasteiger partial charge on any atom is 0.311 e. The van der Waals surface area contributed by atoms with Crippen molar-refractivity contribution >= 4 is 5.97 Å². The normalized spacial score (nSPS) is 22.3. The zero-order valence-electron chi connectivity index (χ0n) is 14.1. The summed E-state index contributed by atoms with van der Waals surface area (Å²) >= 11 is 0. The summed E-state index contributed by atoms with van der Waals surface area (Å²) in [6.45, 7) is 4.05. The minimum atomic E-state index is -0.205. The van der Waals surface area contributed by atoms with Crippen LogP contribution in [0.3, 0.4) is 0 Å². The highest BCUT2D eigenvalue weighted by Gasteiger charge is 2.37. The van der Waals surface area contributed by atoms with Gasteiger partial charge < -0.3 is 4.74 Å². The predicted octanol–water partition coefficient (Wildman–Crippen LogP) is 4.70. The van der Waals surface area contributed by atoms with Gasteiger partial charge in [-0.1, -0.05) is 43.7 Å². The minimum Gasteiger partial charge on any atom is -0.427 e. The molecule has 0 amide bonds. The summed E-state index contributed by atoms with van der Waals surface area (Å²) in [6, 6.07) is 19.0. The summed E-state index contributed by atoms with van der Waals surface area (Å²) in [5.74, 6) is 1.13. The van der Waals surface area contributed by atoms with Crippen molar-refractivity contribution in [1.82, 2.24) is 0 Å². The lowest BCUT2D eigenvalue weighted by Gasteiger charge is -2.24. The average molecular weight is 331 g/mol. The second-order valence-electron chi connectivity index (χ2n) is 6.43. The van der Waals surface area contributed by atoms with Gasteiger partial charge >= 0.3 is 5.97 Å². The molecule has 1 aliphatic rings. The van der Waals surface area contributed by atoms with E-state index < -0.39 is 0 Å². The van der Waals surface area contributed by atoms with Crippen molar-refractivity contribution in [1.29, 1.82) is 5.26 Å². The zero-order chi connectivity index (χ0) is 17.6. The number of benzene rings is 2. The molecule has 2 aromatic rings. The molecule has 0 aromatic heterocycles. The summed E-state index contributed by atoms with van der Waals surface area (Å²) in [6.07, 6.45) is 4.40. The largest absolute Gasteiger partial charge is 0.427 e. The van der Waals surface area contributed by atoms with E-state index in [1.807, 2.05) is 42.5 Å². The monoisotopic (exact) mass is 331 g/mol. The quantitative estimate of drug-likeness (QED) is 0.589. The number of carbonyl (C=O) groups excluding carboxylic acids is 1. The molecule has 0 saturated heterocycles. The Balaban J connectivity index is 1.73. The van der Waals surface area contributed by atoms with E-state index in [4.69, 9.17) is 10.00 Å². The molecule has 126 valence electrons. The lowest BCUT2D eigenvalue weighted by molar-refractivity contribution is -0.135. The fraction of sp³-hybridized carbons (Fsp3) is 0.273. The highest BCUT2D eigenvalue weighted by Crippen LogP contribution is 2.46. The molecular weight excluding hydrogens is 310 g/mol. The Morgan fingerprint density at radius 2 is 1.88 bits per heavy atom. The highest BCUT2D eigenvalue weighted by molar-refractivity contribution is 5.73. The van der Waals surface area contributed by atoms with Crippen molar-refractivity contribution in [2.75, 3.05) is 0 Å². The van der Waals surface area contributed by atoms with Crippen LogP contribution in [-0.4, -0.2) is 5.97 Å². The second kappa shape index (κ2) is 7.98. The Labute approximate surface area is 149 Å². The molecule has 0 aliphatic heterocycles. The van der Waals surface area contributed by atoms with Crippen molar-refractivity contribution in [3.8, 4) is 11.8 Å². The summed E-state index contributed by atoms with van der Waals surface area (Å²) in [5.41, 5.74) is 1.79. The van der Waals surface area contributed by atoms with Gasteiger partial charge in [-0.3, -0.25) is 4.79 Å². The maximum absolute atomic E-state index is 12.4. The molecule has 3 atom stereocenters. The van der Waals surface area contributed by atoms with Gasteiger partial charge in [0.25, 0.3) is 0 Å². The van der Waals surface area contributed by atoms with Crippen LogP contribution in [0.25, 0.3) is 0 Å². The molecule has 0 spiro atoms. The number of nitrogens with zero attached hydrogens (tertiary/aromatic N) is 1. The number of nitriles is 1. The minimum absolute atomic E-state index is 0.182. The van der Waals surface area contributed by atoms with Crippen molar-refractivity contribution in [2.45, 2.75) is 25.2 Å². The number of esters is 1. The molecule has 1 aliphatic carbocycles. The fourth-order valence-corrected chi connectivity index (χ4v) is 3.61. The number of hydrogen-bond donors (Lipinski definition) is 0. The molecule has 3 heteroatoms. The van der Waals surface area contributed by atoms with Crippen LogP contribution < -0.4 is 4.74 Å². The van der Waals surface area contributed by atoms with Crippen LogP contribution in [0.15, 0.2) is 54.6 Å². The SMILES string of the molecule is [CH2]CC1C[CH]C(c2ccc(C#N)cc2)C1CC(=O)Oc1ccccc1. The first-order chi connectivity index (χ1) is 12.2. The molecule has 1 fully saturated rings. The van der Waals surface area contributed by atoms with Crippen LogP contribution in [0, 0.1) is 36.5 Å². The Morgan fingerprint density at radius 1 is 1.16 bits per heavy atom. The number of rotatable bonds is 5. The van der Waals surface area contributed by atoms with E-state index in [-0.39, 0.29) is 17.8 Å². The van der Waals surface area contributed by atoms with Crippen molar-refractivity contribution < 1.29 is 9.53 Å². The van der Waals surface area contributed by atoms with Gasteiger partial charge in [0, 0.05) is 6.42 Å². The molecule has 0 bridgehead atoms. The van der Waals surface area contributed by atoms with Crippen LogP contribution >= 0.6 is 0 Å². The average Bonchev–Trinajstić information content (AvgIpc) is 3.05. The van der Waals surface area contributed by atoms with Gasteiger partial charge in [0.05, 0.1) is 11.6 Å². The van der Waals surface area contributed by atoms with Crippen LogP contribution in [0.5, 0.6) is 5.75 Å². The van der Waals surface area contributed by atoms with E-state index in [1.165, 1.54) is 0 Å². The van der Waals surface area contributed by atoms with Crippen LogP contribution in [0.2, 0.25) is 0 Å². The van der Waals surface area contributed by atoms with E-state index in [9.17, 15) is 4.79 Å². The molecule has 1 saturated carbocycles. The van der Waals surface area contributed by atoms with Gasteiger partial charge in [-0.2, -0.15) is 5.26 Å². The van der Waals surface area contributed by atoms with Gasteiger partial charge in [-0.25, -0.2) is 0 Å². The molecule has 0 N–H and O–H groups in total. The van der Waals surface area contributed by atoms with E-state index in [2.05, 4.69) is 19.4 Å². The van der Waals surface area contributed by atoms with Crippen molar-refractivity contribution in [3.63, 3.8) is 0 Å². The van der Waals surface area contributed by atoms with E-state index in [0.717, 1.165) is 18.4 Å². The third-order valence-corrected chi connectivity index (χ3v) is 4.93. The summed E-state index contributed by atoms with van der Waals surface area (Å²) < 4.78 is 5.47. The Hall–Kier alpha value is -2.60. The van der Waals surface area contributed by atoms with Crippen LogP contribution in [0.1, 0.15) is 36.3 Å². The Kier molecular flexibility index (Phi) is 5.50. The topological polar surface area (TPSA) is 50.1 Å². The number of para-hydroxylation sites is 1. The van der Waals surface area contributed by atoms with Gasteiger partial charge in [0.15, 0.2) is 0 Å². The third-order valence-electron chi connectivity index (χ3n) is 4.93. The molecule has 2 aromatic carbocycles. The number of carbonyl (C=O) groups is 1. The highest BCUT2D eigenvalue weighted by atomic mass is 16.5. The van der Waals surface area contributed by atoms with E-state index in [0.29, 0.717) is 23.7 Å². The lowest BCUT2D eigenvalue weighted by atomic mass is 9.81. The zero-order valence-corrected chi connectivity index (χ0v) is 14.1. The standard InChI is InChI=1S/C22H21NO2/c1-2-17-12-13-20(18-10-8-16(15-23)9-11-18)21(17)14-22(24)25-19-6-4-3-5-7-19/h3-11,13,17,20-21H,1-2,12,14H2. The smallest absolute Gasteiger partial charge is 0.311 e. The Morgan fingerprint density at radius 3 is 2.52 bits per heavy atom. The molecule has 3 nitrogen and oxygen atoms in total. The lowest BCUT2D eigenvalue weighted by Crippen LogP contribution is -2.21. The molecule has 3 rings (SSSR count). The number of hydrogen-bond acceptors (Lipinski definition) is 3. The molecule has 25 heavy (non-hydrogen) atoms. The number of ether oxygens (including phenoxy) is 1.